The summed E-state index contributed by atoms with van der Waals surface area (Å²) in [6.45, 7) is 9.05. The molecule has 0 saturated heterocycles. The number of carbonyl (C=O) groups is 1. The normalized spacial score (nSPS) is 29.4. The van der Waals surface area contributed by atoms with E-state index in [1.54, 1.807) is 0 Å². The van der Waals surface area contributed by atoms with Gasteiger partial charge in [0, 0.05) is 12.8 Å². The molecule has 0 aliphatic heterocycles. The Kier molecular flexibility index (Phi) is 2.60. The first kappa shape index (κ1) is 9.76. The van der Waals surface area contributed by atoms with Crippen LogP contribution in [0.3, 0.4) is 0 Å². The Morgan fingerprint density at radius 1 is 1.42 bits per heavy atom. The van der Waals surface area contributed by atoms with Crippen LogP contribution in [0.15, 0.2) is 0 Å². The molecule has 1 heteroatoms. The SMILES string of the molecule is CC(C)C1CC(=O)CCC1(C)C. The Hall–Kier alpha value is -0.330. The quantitative estimate of drug-likeness (QED) is 0.588. The van der Waals surface area contributed by atoms with E-state index in [1.165, 1.54) is 0 Å². The molecule has 0 radical (unpaired) electrons. The van der Waals surface area contributed by atoms with Crippen LogP contribution in [0, 0.1) is 17.3 Å². The first-order valence-electron chi connectivity index (χ1n) is 4.95. The van der Waals surface area contributed by atoms with E-state index in [0.717, 1.165) is 19.3 Å². The second kappa shape index (κ2) is 3.20. The Labute approximate surface area is 75.5 Å². The minimum Gasteiger partial charge on any atom is -0.300 e. The maximum atomic E-state index is 11.3. The van der Waals surface area contributed by atoms with E-state index in [2.05, 4.69) is 27.7 Å². The second-order valence-electron chi connectivity index (χ2n) is 5.08. The van der Waals surface area contributed by atoms with Gasteiger partial charge in [0.25, 0.3) is 0 Å². The molecule has 1 saturated carbocycles. The van der Waals surface area contributed by atoms with Crippen LogP contribution >= 0.6 is 0 Å². The minimum atomic E-state index is 0.377. The lowest BCUT2D eigenvalue weighted by atomic mass is 9.64. The van der Waals surface area contributed by atoms with Crippen LogP contribution in [0.4, 0.5) is 0 Å². The molecule has 0 aromatic rings. The third kappa shape index (κ3) is 1.88. The molecule has 0 heterocycles. The number of hydrogen-bond donors (Lipinski definition) is 0. The lowest BCUT2D eigenvalue weighted by molar-refractivity contribution is -0.125. The average Bonchev–Trinajstić information content (AvgIpc) is 1.94. The van der Waals surface area contributed by atoms with Gasteiger partial charge in [-0.3, -0.25) is 4.79 Å². The van der Waals surface area contributed by atoms with E-state index in [0.29, 0.717) is 23.0 Å². The highest BCUT2D eigenvalue weighted by Crippen LogP contribution is 2.42. The van der Waals surface area contributed by atoms with Crippen LogP contribution in [-0.2, 0) is 4.79 Å². The molecule has 0 amide bonds. The summed E-state index contributed by atoms with van der Waals surface area (Å²) in [5.41, 5.74) is 0.377. The fourth-order valence-corrected chi connectivity index (χ4v) is 2.41. The molecule has 1 rings (SSSR count). The van der Waals surface area contributed by atoms with E-state index in [4.69, 9.17) is 0 Å². The van der Waals surface area contributed by atoms with Gasteiger partial charge in [0.2, 0.25) is 0 Å². The molecule has 0 aromatic carbocycles. The number of carbonyl (C=O) groups excluding carboxylic acids is 1. The summed E-state index contributed by atoms with van der Waals surface area (Å²) in [6.07, 6.45) is 2.69. The van der Waals surface area contributed by atoms with E-state index >= 15 is 0 Å². The monoisotopic (exact) mass is 168 g/mol. The summed E-state index contributed by atoms with van der Waals surface area (Å²) in [7, 11) is 0. The molecule has 1 nitrogen and oxygen atoms in total. The summed E-state index contributed by atoms with van der Waals surface area (Å²) in [6, 6.07) is 0. The van der Waals surface area contributed by atoms with Gasteiger partial charge in [0.05, 0.1) is 0 Å². The Bertz CT molecular complexity index is 179. The van der Waals surface area contributed by atoms with Crippen molar-refractivity contribution in [1.29, 1.82) is 0 Å². The zero-order valence-electron chi connectivity index (χ0n) is 8.68. The van der Waals surface area contributed by atoms with Crippen molar-refractivity contribution in [3.05, 3.63) is 0 Å². The summed E-state index contributed by atoms with van der Waals surface area (Å²) in [5.74, 6) is 1.70. The summed E-state index contributed by atoms with van der Waals surface area (Å²) >= 11 is 0. The lowest BCUT2D eigenvalue weighted by Crippen LogP contribution is -2.35. The number of Topliss-reactive ketones (excluding diaryl/α,β-unsaturated/α-hetero) is 1. The van der Waals surface area contributed by atoms with Crippen LogP contribution in [-0.4, -0.2) is 5.78 Å². The molecule has 0 bridgehead atoms. The van der Waals surface area contributed by atoms with Gasteiger partial charge in [0.1, 0.15) is 5.78 Å². The molecule has 1 atom stereocenters. The zero-order valence-corrected chi connectivity index (χ0v) is 8.68. The highest BCUT2D eigenvalue weighted by molar-refractivity contribution is 5.79. The van der Waals surface area contributed by atoms with E-state index < -0.39 is 0 Å². The highest BCUT2D eigenvalue weighted by Gasteiger charge is 2.36. The predicted octanol–water partition coefficient (Wildman–Crippen LogP) is 3.04. The third-order valence-electron chi connectivity index (χ3n) is 3.30. The van der Waals surface area contributed by atoms with E-state index in [-0.39, 0.29) is 0 Å². The molecular formula is C11H20O. The van der Waals surface area contributed by atoms with Gasteiger partial charge < -0.3 is 0 Å². The maximum Gasteiger partial charge on any atom is 0.133 e. The standard InChI is InChI=1S/C11H20O/c1-8(2)10-7-9(12)5-6-11(10,3)4/h8,10H,5-7H2,1-4H3. The molecule has 0 N–H and O–H groups in total. The van der Waals surface area contributed by atoms with Gasteiger partial charge in [0.15, 0.2) is 0 Å². The Morgan fingerprint density at radius 3 is 2.42 bits per heavy atom. The molecule has 1 unspecified atom stereocenters. The van der Waals surface area contributed by atoms with Crippen molar-refractivity contribution < 1.29 is 4.79 Å². The summed E-state index contributed by atoms with van der Waals surface area (Å²) < 4.78 is 0. The molecule has 0 aromatic heterocycles. The lowest BCUT2D eigenvalue weighted by Gasteiger charge is -2.40. The number of rotatable bonds is 1. The predicted molar refractivity (Wildman–Crippen MR) is 51.0 cm³/mol. The van der Waals surface area contributed by atoms with Gasteiger partial charge in [-0.05, 0) is 23.7 Å². The average molecular weight is 168 g/mol. The molecule has 1 aliphatic rings. The molecule has 1 fully saturated rings. The van der Waals surface area contributed by atoms with Crippen LogP contribution in [0.1, 0.15) is 47.0 Å². The molecular weight excluding hydrogens is 148 g/mol. The van der Waals surface area contributed by atoms with Gasteiger partial charge in [-0.25, -0.2) is 0 Å². The van der Waals surface area contributed by atoms with Gasteiger partial charge >= 0.3 is 0 Å². The first-order chi connectivity index (χ1) is 5.43. The van der Waals surface area contributed by atoms with Crippen LogP contribution in [0.5, 0.6) is 0 Å². The first-order valence-corrected chi connectivity index (χ1v) is 4.95. The molecule has 70 valence electrons. The third-order valence-corrected chi connectivity index (χ3v) is 3.30. The van der Waals surface area contributed by atoms with Gasteiger partial charge in [-0.2, -0.15) is 0 Å². The van der Waals surface area contributed by atoms with Crippen LogP contribution in [0.25, 0.3) is 0 Å². The largest absolute Gasteiger partial charge is 0.300 e. The van der Waals surface area contributed by atoms with Crippen molar-refractivity contribution in [1.82, 2.24) is 0 Å². The van der Waals surface area contributed by atoms with E-state index in [1.807, 2.05) is 0 Å². The Morgan fingerprint density at radius 2 is 2.00 bits per heavy atom. The minimum absolute atomic E-state index is 0.377. The van der Waals surface area contributed by atoms with Gasteiger partial charge in [-0.15, -0.1) is 0 Å². The number of ketones is 1. The molecule has 1 aliphatic carbocycles. The van der Waals surface area contributed by atoms with Crippen molar-refractivity contribution in [2.75, 3.05) is 0 Å². The molecule has 0 spiro atoms. The van der Waals surface area contributed by atoms with Crippen molar-refractivity contribution in [3.8, 4) is 0 Å². The Balaban J connectivity index is 2.72. The second-order valence-corrected chi connectivity index (χ2v) is 5.08. The smallest absolute Gasteiger partial charge is 0.133 e. The summed E-state index contributed by atoms with van der Waals surface area (Å²) in [4.78, 5) is 11.3. The fraction of sp³-hybridized carbons (Fsp3) is 0.909. The van der Waals surface area contributed by atoms with Crippen molar-refractivity contribution >= 4 is 5.78 Å². The van der Waals surface area contributed by atoms with Crippen molar-refractivity contribution in [2.24, 2.45) is 17.3 Å². The van der Waals surface area contributed by atoms with E-state index in [9.17, 15) is 4.79 Å². The van der Waals surface area contributed by atoms with Crippen LogP contribution < -0.4 is 0 Å². The highest BCUT2D eigenvalue weighted by atomic mass is 16.1. The fourth-order valence-electron chi connectivity index (χ4n) is 2.41. The van der Waals surface area contributed by atoms with Crippen molar-refractivity contribution in [2.45, 2.75) is 47.0 Å². The van der Waals surface area contributed by atoms with Gasteiger partial charge in [-0.1, -0.05) is 27.7 Å². The zero-order chi connectivity index (χ0) is 9.35. The number of hydrogen-bond acceptors (Lipinski definition) is 1. The maximum absolute atomic E-state index is 11.3. The summed E-state index contributed by atoms with van der Waals surface area (Å²) in [5, 5.41) is 0. The van der Waals surface area contributed by atoms with Crippen LogP contribution in [0.2, 0.25) is 0 Å². The van der Waals surface area contributed by atoms with Crippen molar-refractivity contribution in [3.63, 3.8) is 0 Å². The topological polar surface area (TPSA) is 17.1 Å². The molecule has 12 heavy (non-hydrogen) atoms.